The van der Waals surface area contributed by atoms with Crippen LogP contribution >= 0.6 is 0 Å². The van der Waals surface area contributed by atoms with Crippen LogP contribution in [0.25, 0.3) is 0 Å². The molecule has 110 valence electrons. The van der Waals surface area contributed by atoms with Crippen molar-refractivity contribution in [2.24, 2.45) is 5.73 Å². The Labute approximate surface area is 116 Å². The van der Waals surface area contributed by atoms with Crippen LogP contribution in [0, 0.1) is 12.3 Å². The van der Waals surface area contributed by atoms with E-state index in [0.717, 1.165) is 24.0 Å². The van der Waals surface area contributed by atoms with Gasteiger partial charge >= 0.3 is 6.18 Å². The molecule has 0 spiro atoms. The highest BCUT2D eigenvalue weighted by atomic mass is 19.4. The molecular formula is C14H18F3N3. The lowest BCUT2D eigenvalue weighted by molar-refractivity contribution is -0.148. The third kappa shape index (κ3) is 3.96. The molecule has 0 amide bonds. The molecule has 0 unspecified atom stereocenters. The van der Waals surface area contributed by atoms with Crippen molar-refractivity contribution in [2.45, 2.75) is 38.5 Å². The molecule has 1 fully saturated rings. The number of benzene rings is 1. The number of hydrogen-bond acceptors (Lipinski definition) is 2. The minimum Gasteiger partial charge on any atom is -0.384 e. The standard InChI is InChI=1S/C14H18F3N3/c1-9-6-10(13(18)19)2-3-11(9)7-20(12-4-5-12)8-14(15,16)17/h2-3,6,12H,4-5,7-8H2,1H3,(H3,18,19). The summed E-state index contributed by atoms with van der Waals surface area (Å²) in [5, 5.41) is 7.36. The maximum Gasteiger partial charge on any atom is 0.401 e. The van der Waals surface area contributed by atoms with Crippen molar-refractivity contribution in [3.63, 3.8) is 0 Å². The predicted octanol–water partition coefficient (Wildman–Crippen LogP) is 2.81. The first kappa shape index (κ1) is 14.8. The smallest absolute Gasteiger partial charge is 0.384 e. The molecule has 0 radical (unpaired) electrons. The van der Waals surface area contributed by atoms with E-state index < -0.39 is 12.7 Å². The summed E-state index contributed by atoms with van der Waals surface area (Å²) in [7, 11) is 0. The number of nitrogen functional groups attached to an aromatic ring is 1. The number of rotatable bonds is 5. The highest BCUT2D eigenvalue weighted by molar-refractivity contribution is 5.95. The normalized spacial score (nSPS) is 15.7. The third-order valence-corrected chi connectivity index (χ3v) is 3.47. The first-order valence-electron chi connectivity index (χ1n) is 6.51. The Bertz CT molecular complexity index is 507. The molecule has 0 heterocycles. The summed E-state index contributed by atoms with van der Waals surface area (Å²) < 4.78 is 37.7. The molecule has 1 aromatic rings. The van der Waals surface area contributed by atoms with Gasteiger partial charge in [0.05, 0.1) is 6.54 Å². The van der Waals surface area contributed by atoms with Gasteiger partial charge in [-0.1, -0.05) is 12.1 Å². The Morgan fingerprint density at radius 2 is 2.05 bits per heavy atom. The molecule has 20 heavy (non-hydrogen) atoms. The van der Waals surface area contributed by atoms with E-state index in [1.165, 1.54) is 4.90 Å². The van der Waals surface area contributed by atoms with Gasteiger partial charge in [-0.2, -0.15) is 13.2 Å². The van der Waals surface area contributed by atoms with Crippen LogP contribution in [0.1, 0.15) is 29.5 Å². The summed E-state index contributed by atoms with van der Waals surface area (Å²) >= 11 is 0. The van der Waals surface area contributed by atoms with Crippen LogP contribution in [0.2, 0.25) is 0 Å². The van der Waals surface area contributed by atoms with Crippen LogP contribution in [-0.2, 0) is 6.54 Å². The number of nitrogens with two attached hydrogens (primary N) is 1. The average Bonchev–Trinajstić information content (AvgIpc) is 3.12. The second-order valence-electron chi connectivity index (χ2n) is 5.31. The van der Waals surface area contributed by atoms with Crippen molar-refractivity contribution in [1.29, 1.82) is 5.41 Å². The number of hydrogen-bond donors (Lipinski definition) is 2. The van der Waals surface area contributed by atoms with Crippen LogP contribution in [0.15, 0.2) is 18.2 Å². The monoisotopic (exact) mass is 285 g/mol. The molecular weight excluding hydrogens is 267 g/mol. The topological polar surface area (TPSA) is 53.1 Å². The lowest BCUT2D eigenvalue weighted by Crippen LogP contribution is -2.35. The predicted molar refractivity (Wildman–Crippen MR) is 71.7 cm³/mol. The molecule has 0 aliphatic heterocycles. The van der Waals surface area contributed by atoms with Gasteiger partial charge < -0.3 is 5.73 Å². The number of nitrogens with zero attached hydrogens (tertiary/aromatic N) is 1. The summed E-state index contributed by atoms with van der Waals surface area (Å²) in [6.45, 7) is 1.25. The molecule has 0 bridgehead atoms. The summed E-state index contributed by atoms with van der Waals surface area (Å²) in [5.74, 6) is -0.0333. The molecule has 3 nitrogen and oxygen atoms in total. The van der Waals surface area contributed by atoms with Gasteiger partial charge in [-0.15, -0.1) is 0 Å². The fraction of sp³-hybridized carbons (Fsp3) is 0.500. The highest BCUT2D eigenvalue weighted by Crippen LogP contribution is 2.31. The van der Waals surface area contributed by atoms with Crippen molar-refractivity contribution < 1.29 is 13.2 Å². The van der Waals surface area contributed by atoms with Crippen LogP contribution in [0.5, 0.6) is 0 Å². The molecule has 1 aliphatic rings. The van der Waals surface area contributed by atoms with Gasteiger partial charge in [-0.3, -0.25) is 10.3 Å². The van der Waals surface area contributed by atoms with E-state index in [-0.39, 0.29) is 18.4 Å². The molecule has 2 rings (SSSR count). The third-order valence-electron chi connectivity index (χ3n) is 3.47. The van der Waals surface area contributed by atoms with Crippen molar-refractivity contribution in [2.75, 3.05) is 6.54 Å². The summed E-state index contributed by atoms with van der Waals surface area (Å²) in [5.41, 5.74) is 7.72. The maximum absolute atomic E-state index is 12.6. The van der Waals surface area contributed by atoms with E-state index in [9.17, 15) is 13.2 Å². The minimum absolute atomic E-state index is 0.0333. The average molecular weight is 285 g/mol. The van der Waals surface area contributed by atoms with Crippen molar-refractivity contribution in [3.05, 3.63) is 34.9 Å². The Balaban J connectivity index is 2.12. The first-order chi connectivity index (χ1) is 9.26. The van der Waals surface area contributed by atoms with E-state index in [0.29, 0.717) is 5.56 Å². The lowest BCUT2D eigenvalue weighted by Gasteiger charge is -2.24. The van der Waals surface area contributed by atoms with Gasteiger partial charge in [0.25, 0.3) is 0 Å². The summed E-state index contributed by atoms with van der Waals surface area (Å²) in [6.07, 6.45) is -2.50. The zero-order valence-corrected chi connectivity index (χ0v) is 11.3. The largest absolute Gasteiger partial charge is 0.401 e. The maximum atomic E-state index is 12.6. The van der Waals surface area contributed by atoms with Crippen molar-refractivity contribution in [3.8, 4) is 0 Å². The molecule has 0 atom stereocenters. The quantitative estimate of drug-likeness (QED) is 0.645. The fourth-order valence-electron chi connectivity index (χ4n) is 2.24. The van der Waals surface area contributed by atoms with Gasteiger partial charge in [0.2, 0.25) is 0 Å². The second kappa shape index (κ2) is 5.44. The zero-order chi connectivity index (χ0) is 14.9. The Morgan fingerprint density at radius 3 is 2.50 bits per heavy atom. The van der Waals surface area contributed by atoms with E-state index in [1.54, 1.807) is 18.2 Å². The Hall–Kier alpha value is -1.56. The zero-order valence-electron chi connectivity index (χ0n) is 11.3. The summed E-state index contributed by atoms with van der Waals surface area (Å²) in [6, 6.07) is 5.24. The van der Waals surface area contributed by atoms with E-state index in [1.807, 2.05) is 6.92 Å². The van der Waals surface area contributed by atoms with Gasteiger partial charge in [-0.05, 0) is 37.0 Å². The fourth-order valence-corrected chi connectivity index (χ4v) is 2.24. The molecule has 1 aromatic carbocycles. The number of aryl methyl sites for hydroxylation is 1. The molecule has 1 aliphatic carbocycles. The van der Waals surface area contributed by atoms with Crippen molar-refractivity contribution >= 4 is 5.84 Å². The number of halogens is 3. The van der Waals surface area contributed by atoms with E-state index in [2.05, 4.69) is 0 Å². The molecule has 0 aromatic heterocycles. The van der Waals surface area contributed by atoms with Crippen LogP contribution in [0.3, 0.4) is 0 Å². The number of amidine groups is 1. The molecule has 0 saturated heterocycles. The number of nitrogens with one attached hydrogen (secondary N) is 1. The van der Waals surface area contributed by atoms with E-state index >= 15 is 0 Å². The molecule has 1 saturated carbocycles. The van der Waals surface area contributed by atoms with E-state index in [4.69, 9.17) is 11.1 Å². The first-order valence-corrected chi connectivity index (χ1v) is 6.51. The van der Waals surface area contributed by atoms with Crippen LogP contribution in [-0.4, -0.2) is 29.5 Å². The minimum atomic E-state index is -4.17. The highest BCUT2D eigenvalue weighted by Gasteiger charge is 2.38. The number of alkyl halides is 3. The van der Waals surface area contributed by atoms with Gasteiger partial charge in [0.15, 0.2) is 0 Å². The van der Waals surface area contributed by atoms with Gasteiger partial charge in [0.1, 0.15) is 5.84 Å². The Morgan fingerprint density at radius 1 is 1.40 bits per heavy atom. The van der Waals surface area contributed by atoms with Gasteiger partial charge in [0, 0.05) is 18.2 Å². The Kier molecular flexibility index (Phi) is 4.04. The summed E-state index contributed by atoms with van der Waals surface area (Å²) in [4.78, 5) is 1.48. The van der Waals surface area contributed by atoms with Gasteiger partial charge in [-0.25, -0.2) is 0 Å². The molecule has 3 N–H and O–H groups in total. The SMILES string of the molecule is Cc1cc(C(=N)N)ccc1CN(CC(F)(F)F)C1CC1. The van der Waals surface area contributed by atoms with Crippen molar-refractivity contribution in [1.82, 2.24) is 4.90 Å². The second-order valence-corrected chi connectivity index (χ2v) is 5.31. The molecule has 6 heteroatoms. The van der Waals surface area contributed by atoms with Crippen LogP contribution < -0.4 is 5.73 Å². The lowest BCUT2D eigenvalue weighted by atomic mass is 10.0. The van der Waals surface area contributed by atoms with Crippen LogP contribution in [0.4, 0.5) is 13.2 Å².